The molecule has 1 aliphatic carbocycles. The fraction of sp³-hybridized carbons (Fsp3) is 0.588. The average Bonchev–Trinajstić information content (AvgIpc) is 3.18. The number of nitrogens with zero attached hydrogens (tertiary/aromatic N) is 1. The predicted octanol–water partition coefficient (Wildman–Crippen LogP) is 3.13. The number of halogens is 2. The SMILES string of the molecule is Cl.O=C(CCC1CCNC1)N(Cc1cccc(F)c1)C1CC1. The Hall–Kier alpha value is -1.13. The zero-order valence-corrected chi connectivity index (χ0v) is 13.6. The molecule has 0 radical (unpaired) electrons. The van der Waals surface area contributed by atoms with Gasteiger partial charge in [0.15, 0.2) is 0 Å². The van der Waals surface area contributed by atoms with Crippen molar-refractivity contribution in [2.24, 2.45) is 5.92 Å². The molecule has 2 aliphatic rings. The summed E-state index contributed by atoms with van der Waals surface area (Å²) in [5.41, 5.74) is 0.887. The number of benzene rings is 1. The average molecular weight is 327 g/mol. The Morgan fingerprint density at radius 2 is 2.14 bits per heavy atom. The van der Waals surface area contributed by atoms with Crippen molar-refractivity contribution in [3.63, 3.8) is 0 Å². The van der Waals surface area contributed by atoms with E-state index in [1.165, 1.54) is 18.6 Å². The second kappa shape index (κ2) is 7.93. The van der Waals surface area contributed by atoms with Crippen LogP contribution < -0.4 is 5.32 Å². The first-order chi connectivity index (χ1) is 10.2. The van der Waals surface area contributed by atoms with Crippen molar-refractivity contribution in [3.8, 4) is 0 Å². The maximum absolute atomic E-state index is 13.3. The highest BCUT2D eigenvalue weighted by atomic mass is 35.5. The van der Waals surface area contributed by atoms with Crippen LogP contribution in [0, 0.1) is 11.7 Å². The zero-order valence-electron chi connectivity index (χ0n) is 12.8. The Morgan fingerprint density at radius 1 is 1.32 bits per heavy atom. The fourth-order valence-corrected chi connectivity index (χ4v) is 3.07. The summed E-state index contributed by atoms with van der Waals surface area (Å²) in [7, 11) is 0. The lowest BCUT2D eigenvalue weighted by Crippen LogP contribution is -2.32. The van der Waals surface area contributed by atoms with Gasteiger partial charge in [-0.25, -0.2) is 4.39 Å². The quantitative estimate of drug-likeness (QED) is 0.871. The van der Waals surface area contributed by atoms with Crippen LogP contribution in [0.15, 0.2) is 24.3 Å². The third-order valence-electron chi connectivity index (χ3n) is 4.48. The molecular weight excluding hydrogens is 303 g/mol. The molecule has 1 saturated carbocycles. The van der Waals surface area contributed by atoms with Crippen molar-refractivity contribution in [2.45, 2.75) is 44.7 Å². The Kier molecular flexibility index (Phi) is 6.21. The van der Waals surface area contributed by atoms with Gasteiger partial charge in [-0.1, -0.05) is 12.1 Å². The monoisotopic (exact) mass is 326 g/mol. The van der Waals surface area contributed by atoms with Gasteiger partial charge in [0.25, 0.3) is 0 Å². The Balaban J connectivity index is 0.00000176. The highest BCUT2D eigenvalue weighted by Gasteiger charge is 2.32. The van der Waals surface area contributed by atoms with E-state index in [9.17, 15) is 9.18 Å². The lowest BCUT2D eigenvalue weighted by Gasteiger charge is -2.23. The maximum atomic E-state index is 13.3. The van der Waals surface area contributed by atoms with Gasteiger partial charge in [-0.05, 0) is 62.4 Å². The van der Waals surface area contributed by atoms with Gasteiger partial charge >= 0.3 is 0 Å². The molecule has 3 rings (SSSR count). The molecule has 0 aromatic heterocycles. The van der Waals surface area contributed by atoms with E-state index in [1.807, 2.05) is 11.0 Å². The van der Waals surface area contributed by atoms with Crippen molar-refractivity contribution >= 4 is 18.3 Å². The molecule has 1 aromatic carbocycles. The highest BCUT2D eigenvalue weighted by molar-refractivity contribution is 5.85. The first-order valence-corrected chi connectivity index (χ1v) is 7.97. The van der Waals surface area contributed by atoms with Crippen LogP contribution >= 0.6 is 12.4 Å². The van der Waals surface area contributed by atoms with Gasteiger partial charge in [0.1, 0.15) is 5.82 Å². The number of carbonyl (C=O) groups excluding carboxylic acids is 1. The molecular formula is C17H24ClFN2O. The van der Waals surface area contributed by atoms with E-state index >= 15 is 0 Å². The third kappa shape index (κ3) is 4.68. The Morgan fingerprint density at radius 3 is 2.77 bits per heavy atom. The van der Waals surface area contributed by atoms with Crippen molar-refractivity contribution in [2.75, 3.05) is 13.1 Å². The van der Waals surface area contributed by atoms with Crippen LogP contribution in [0.25, 0.3) is 0 Å². The van der Waals surface area contributed by atoms with Crippen LogP contribution in [0.5, 0.6) is 0 Å². The number of carbonyl (C=O) groups is 1. The standard InChI is InChI=1S/C17H23FN2O.ClH/c18-15-3-1-2-14(10-15)12-20(16-5-6-16)17(21)7-4-13-8-9-19-11-13;/h1-3,10,13,16,19H,4-9,11-12H2;1H. The molecule has 1 aromatic rings. The minimum Gasteiger partial charge on any atom is -0.335 e. The predicted molar refractivity (Wildman–Crippen MR) is 87.4 cm³/mol. The van der Waals surface area contributed by atoms with Crippen molar-refractivity contribution in [3.05, 3.63) is 35.6 Å². The van der Waals surface area contributed by atoms with Crippen LogP contribution in [-0.4, -0.2) is 29.9 Å². The van der Waals surface area contributed by atoms with E-state index in [1.54, 1.807) is 6.07 Å². The van der Waals surface area contributed by atoms with Gasteiger partial charge in [-0.3, -0.25) is 4.79 Å². The molecule has 1 saturated heterocycles. The van der Waals surface area contributed by atoms with Crippen molar-refractivity contribution < 1.29 is 9.18 Å². The number of rotatable bonds is 6. The topological polar surface area (TPSA) is 32.3 Å². The van der Waals surface area contributed by atoms with Crippen LogP contribution in [0.4, 0.5) is 4.39 Å². The molecule has 1 amide bonds. The fourth-order valence-electron chi connectivity index (χ4n) is 3.07. The van der Waals surface area contributed by atoms with Crippen LogP contribution in [0.3, 0.4) is 0 Å². The van der Waals surface area contributed by atoms with Gasteiger partial charge in [0.05, 0.1) is 0 Å². The molecule has 1 unspecified atom stereocenters. The molecule has 2 fully saturated rings. The van der Waals surface area contributed by atoms with E-state index < -0.39 is 0 Å². The number of nitrogens with one attached hydrogen (secondary N) is 1. The summed E-state index contributed by atoms with van der Waals surface area (Å²) in [4.78, 5) is 14.4. The molecule has 5 heteroatoms. The van der Waals surface area contributed by atoms with Gasteiger partial charge in [0, 0.05) is 19.0 Å². The van der Waals surface area contributed by atoms with E-state index in [0.29, 0.717) is 24.9 Å². The molecule has 122 valence electrons. The summed E-state index contributed by atoms with van der Waals surface area (Å²) in [5, 5.41) is 3.34. The number of hydrogen-bond acceptors (Lipinski definition) is 2. The van der Waals surface area contributed by atoms with E-state index in [2.05, 4.69) is 5.32 Å². The van der Waals surface area contributed by atoms with Gasteiger partial charge in [-0.2, -0.15) is 0 Å². The summed E-state index contributed by atoms with van der Waals surface area (Å²) < 4.78 is 13.3. The minimum atomic E-state index is -0.229. The van der Waals surface area contributed by atoms with Gasteiger partial charge < -0.3 is 10.2 Å². The van der Waals surface area contributed by atoms with E-state index in [-0.39, 0.29) is 24.1 Å². The number of amides is 1. The number of hydrogen-bond donors (Lipinski definition) is 1. The summed E-state index contributed by atoms with van der Waals surface area (Å²) >= 11 is 0. The van der Waals surface area contributed by atoms with Crippen LogP contribution in [0.2, 0.25) is 0 Å². The largest absolute Gasteiger partial charge is 0.335 e. The maximum Gasteiger partial charge on any atom is 0.223 e. The Bertz CT molecular complexity index is 501. The molecule has 3 nitrogen and oxygen atoms in total. The first-order valence-electron chi connectivity index (χ1n) is 7.97. The molecule has 0 bridgehead atoms. The lowest BCUT2D eigenvalue weighted by molar-refractivity contribution is -0.132. The first kappa shape index (κ1) is 17.2. The second-order valence-electron chi connectivity index (χ2n) is 6.28. The summed E-state index contributed by atoms with van der Waals surface area (Å²) in [6.45, 7) is 2.67. The highest BCUT2D eigenvalue weighted by Crippen LogP contribution is 2.29. The molecule has 1 aliphatic heterocycles. The zero-order chi connectivity index (χ0) is 14.7. The Labute approximate surface area is 137 Å². The van der Waals surface area contributed by atoms with Crippen molar-refractivity contribution in [1.29, 1.82) is 0 Å². The van der Waals surface area contributed by atoms with E-state index in [4.69, 9.17) is 0 Å². The van der Waals surface area contributed by atoms with Gasteiger partial charge in [-0.15, -0.1) is 12.4 Å². The third-order valence-corrected chi connectivity index (χ3v) is 4.48. The smallest absolute Gasteiger partial charge is 0.223 e. The van der Waals surface area contributed by atoms with Gasteiger partial charge in [0.2, 0.25) is 5.91 Å². The molecule has 1 heterocycles. The summed E-state index contributed by atoms with van der Waals surface area (Å²) in [6, 6.07) is 6.96. The summed E-state index contributed by atoms with van der Waals surface area (Å²) in [5.74, 6) is 0.644. The van der Waals surface area contributed by atoms with Crippen LogP contribution in [-0.2, 0) is 11.3 Å². The van der Waals surface area contributed by atoms with Crippen molar-refractivity contribution in [1.82, 2.24) is 10.2 Å². The molecule has 1 atom stereocenters. The van der Waals surface area contributed by atoms with Crippen LogP contribution in [0.1, 0.15) is 37.7 Å². The van der Waals surface area contributed by atoms with E-state index in [0.717, 1.165) is 37.9 Å². The molecule has 22 heavy (non-hydrogen) atoms. The molecule has 0 spiro atoms. The normalized spacial score (nSPS) is 20.5. The summed E-state index contributed by atoms with van der Waals surface area (Å²) in [6.07, 6.45) is 4.95. The second-order valence-corrected chi connectivity index (χ2v) is 6.28. The minimum absolute atomic E-state index is 0. The lowest BCUT2D eigenvalue weighted by atomic mass is 10.0. The molecule has 1 N–H and O–H groups in total.